The molecule has 5 heteroatoms. The van der Waals surface area contributed by atoms with Crippen LogP contribution in [0.25, 0.3) is 5.57 Å². The van der Waals surface area contributed by atoms with Gasteiger partial charge >= 0.3 is 0 Å². The Balaban J connectivity index is 1.69. The van der Waals surface area contributed by atoms with E-state index in [9.17, 15) is 4.79 Å². The van der Waals surface area contributed by atoms with Crippen LogP contribution in [-0.4, -0.2) is 47.4 Å². The van der Waals surface area contributed by atoms with Gasteiger partial charge in [0.05, 0.1) is 10.0 Å². The number of allylic oxidation sites excluding steroid dienone is 1. The summed E-state index contributed by atoms with van der Waals surface area (Å²) in [4.78, 5) is 16.7. The normalized spacial score (nSPS) is 24.5. The fourth-order valence-corrected chi connectivity index (χ4v) is 4.32. The van der Waals surface area contributed by atoms with Gasteiger partial charge in [0.25, 0.3) is 0 Å². The smallest absolute Gasteiger partial charge is 0.222 e. The molecule has 0 aliphatic carbocycles. The first kappa shape index (κ1) is 18.8. The van der Waals surface area contributed by atoms with Crippen molar-refractivity contribution in [2.75, 3.05) is 19.6 Å². The Kier molecular flexibility index (Phi) is 6.08. The predicted octanol–water partition coefficient (Wildman–Crippen LogP) is 4.87. The predicted molar refractivity (Wildman–Crippen MR) is 105 cm³/mol. The first-order valence-electron chi connectivity index (χ1n) is 9.15. The second kappa shape index (κ2) is 8.11. The van der Waals surface area contributed by atoms with Gasteiger partial charge in [-0.3, -0.25) is 9.69 Å². The number of likely N-dealkylation sites (tertiary alicyclic amines) is 1. The van der Waals surface area contributed by atoms with Crippen molar-refractivity contribution in [2.45, 2.75) is 51.6 Å². The van der Waals surface area contributed by atoms with E-state index in [2.05, 4.69) is 22.8 Å². The lowest BCUT2D eigenvalue weighted by molar-refractivity contribution is -0.131. The molecule has 3 nitrogen and oxygen atoms in total. The molecule has 2 heterocycles. The monoisotopic (exact) mass is 380 g/mol. The van der Waals surface area contributed by atoms with E-state index in [0.717, 1.165) is 31.6 Å². The highest BCUT2D eigenvalue weighted by Crippen LogP contribution is 2.31. The maximum absolute atomic E-state index is 12.1. The van der Waals surface area contributed by atoms with Gasteiger partial charge in [-0.2, -0.15) is 0 Å². The topological polar surface area (TPSA) is 23.6 Å². The van der Waals surface area contributed by atoms with Gasteiger partial charge in [0.2, 0.25) is 5.91 Å². The highest BCUT2D eigenvalue weighted by atomic mass is 35.5. The second-order valence-electron chi connectivity index (χ2n) is 7.08. The van der Waals surface area contributed by atoms with E-state index in [-0.39, 0.29) is 5.91 Å². The SMILES string of the molecule is CCC(=O)N1CCC2CCC(C1)N2CC=C(C)c1ccc(Cl)c(Cl)c1. The molecule has 2 unspecified atom stereocenters. The minimum atomic E-state index is 0.287. The van der Waals surface area contributed by atoms with E-state index in [4.69, 9.17) is 23.2 Å². The Morgan fingerprint density at radius 3 is 2.68 bits per heavy atom. The number of nitrogens with zero attached hydrogens (tertiary/aromatic N) is 2. The number of rotatable bonds is 4. The lowest BCUT2D eigenvalue weighted by Gasteiger charge is -2.28. The third-order valence-electron chi connectivity index (χ3n) is 5.57. The maximum Gasteiger partial charge on any atom is 0.222 e. The van der Waals surface area contributed by atoms with Gasteiger partial charge in [-0.15, -0.1) is 0 Å². The maximum atomic E-state index is 12.1. The summed E-state index contributed by atoms with van der Waals surface area (Å²) in [6, 6.07) is 6.87. The summed E-state index contributed by atoms with van der Waals surface area (Å²) in [6.07, 6.45) is 6.41. The second-order valence-corrected chi connectivity index (χ2v) is 7.89. The van der Waals surface area contributed by atoms with Crippen LogP contribution < -0.4 is 0 Å². The number of carbonyl (C=O) groups is 1. The van der Waals surface area contributed by atoms with E-state index >= 15 is 0 Å². The largest absolute Gasteiger partial charge is 0.341 e. The van der Waals surface area contributed by atoms with E-state index < -0.39 is 0 Å². The van der Waals surface area contributed by atoms with E-state index in [1.54, 1.807) is 0 Å². The Morgan fingerprint density at radius 1 is 1.20 bits per heavy atom. The van der Waals surface area contributed by atoms with Gasteiger partial charge in [-0.05, 0) is 49.5 Å². The molecule has 2 fully saturated rings. The third kappa shape index (κ3) is 4.21. The van der Waals surface area contributed by atoms with Crippen molar-refractivity contribution >= 4 is 34.7 Å². The molecule has 2 aliphatic rings. The van der Waals surface area contributed by atoms with Crippen LogP contribution in [0.1, 0.15) is 45.1 Å². The summed E-state index contributed by atoms with van der Waals surface area (Å²) in [6.45, 7) is 6.77. The fraction of sp³-hybridized carbons (Fsp3) is 0.550. The standard InChI is InChI=1S/C20H26Cl2N2O/c1-3-20(25)23-10-9-16-5-6-17(13-23)24(16)11-8-14(2)15-4-7-18(21)19(22)12-15/h4,7-8,12,16-17H,3,5-6,9-11,13H2,1-2H3. The van der Waals surface area contributed by atoms with E-state index in [1.165, 1.54) is 18.4 Å². The fourth-order valence-electron chi connectivity index (χ4n) is 4.02. The molecule has 2 aliphatic heterocycles. The van der Waals surface area contributed by atoms with Gasteiger partial charge < -0.3 is 4.90 Å². The first-order chi connectivity index (χ1) is 12.0. The van der Waals surface area contributed by atoms with Crippen LogP contribution in [0.15, 0.2) is 24.3 Å². The van der Waals surface area contributed by atoms with Crippen molar-refractivity contribution in [3.05, 3.63) is 39.9 Å². The zero-order chi connectivity index (χ0) is 18.0. The number of carbonyl (C=O) groups excluding carboxylic acids is 1. The summed E-state index contributed by atoms with van der Waals surface area (Å²) in [5.74, 6) is 0.287. The van der Waals surface area contributed by atoms with Gasteiger partial charge in [-0.25, -0.2) is 0 Å². The highest BCUT2D eigenvalue weighted by Gasteiger charge is 2.37. The number of fused-ring (bicyclic) bond motifs is 2. The molecule has 1 aromatic carbocycles. The van der Waals surface area contributed by atoms with Gasteiger partial charge in [0.1, 0.15) is 0 Å². The Hall–Kier alpha value is -1.03. The molecule has 2 bridgehead atoms. The van der Waals surface area contributed by atoms with Crippen molar-refractivity contribution in [3.8, 4) is 0 Å². The van der Waals surface area contributed by atoms with Gasteiger partial charge in [0.15, 0.2) is 0 Å². The minimum absolute atomic E-state index is 0.287. The van der Waals surface area contributed by atoms with Crippen LogP contribution in [0, 0.1) is 0 Å². The third-order valence-corrected chi connectivity index (χ3v) is 6.31. The quantitative estimate of drug-likeness (QED) is 0.743. The van der Waals surface area contributed by atoms with Crippen LogP contribution in [0.5, 0.6) is 0 Å². The summed E-state index contributed by atoms with van der Waals surface area (Å²) in [5, 5.41) is 1.18. The van der Waals surface area contributed by atoms with Crippen molar-refractivity contribution in [3.63, 3.8) is 0 Å². The molecule has 2 saturated heterocycles. The number of hydrogen-bond donors (Lipinski definition) is 0. The summed E-state index contributed by atoms with van der Waals surface area (Å²) in [7, 11) is 0. The molecule has 0 N–H and O–H groups in total. The Bertz CT molecular complexity index is 674. The zero-order valence-corrected chi connectivity index (χ0v) is 16.5. The molecular formula is C20H26Cl2N2O. The first-order valence-corrected chi connectivity index (χ1v) is 9.91. The average molecular weight is 381 g/mol. The molecule has 0 spiro atoms. The molecule has 25 heavy (non-hydrogen) atoms. The van der Waals surface area contributed by atoms with E-state index in [0.29, 0.717) is 28.5 Å². The van der Waals surface area contributed by atoms with E-state index in [1.807, 2.05) is 25.1 Å². The number of amides is 1. The molecule has 3 rings (SSSR count). The zero-order valence-electron chi connectivity index (χ0n) is 15.0. The lowest BCUT2D eigenvalue weighted by atomic mass is 10.1. The number of halogens is 2. The highest BCUT2D eigenvalue weighted by molar-refractivity contribution is 6.42. The van der Waals surface area contributed by atoms with Crippen LogP contribution in [0.3, 0.4) is 0 Å². The number of hydrogen-bond acceptors (Lipinski definition) is 2. The average Bonchev–Trinajstić information content (AvgIpc) is 2.88. The van der Waals surface area contributed by atoms with Gasteiger partial charge in [-0.1, -0.05) is 42.3 Å². The summed E-state index contributed by atoms with van der Waals surface area (Å²) >= 11 is 12.1. The molecule has 0 radical (unpaired) electrons. The molecule has 2 atom stereocenters. The molecule has 0 saturated carbocycles. The Morgan fingerprint density at radius 2 is 1.96 bits per heavy atom. The summed E-state index contributed by atoms with van der Waals surface area (Å²) in [5.41, 5.74) is 2.32. The van der Waals surface area contributed by atoms with Crippen LogP contribution >= 0.6 is 23.2 Å². The van der Waals surface area contributed by atoms with Crippen molar-refractivity contribution in [1.29, 1.82) is 0 Å². The molecule has 1 aromatic rings. The van der Waals surface area contributed by atoms with Crippen LogP contribution in [-0.2, 0) is 4.79 Å². The lowest BCUT2D eigenvalue weighted by Crippen LogP contribution is -2.41. The van der Waals surface area contributed by atoms with Crippen LogP contribution in [0.4, 0.5) is 0 Å². The van der Waals surface area contributed by atoms with Crippen molar-refractivity contribution in [2.24, 2.45) is 0 Å². The van der Waals surface area contributed by atoms with Crippen molar-refractivity contribution < 1.29 is 4.79 Å². The molecule has 136 valence electrons. The molecular weight excluding hydrogens is 355 g/mol. The minimum Gasteiger partial charge on any atom is -0.341 e. The molecule has 0 aromatic heterocycles. The Labute approximate surface area is 160 Å². The van der Waals surface area contributed by atoms with Crippen molar-refractivity contribution in [1.82, 2.24) is 9.80 Å². The van der Waals surface area contributed by atoms with Gasteiger partial charge in [0, 0.05) is 38.1 Å². The number of benzene rings is 1. The summed E-state index contributed by atoms with van der Waals surface area (Å²) < 4.78 is 0. The van der Waals surface area contributed by atoms with Crippen LogP contribution in [0.2, 0.25) is 10.0 Å². The molecule has 1 amide bonds.